The third kappa shape index (κ3) is 3.33. The van der Waals surface area contributed by atoms with Crippen LogP contribution < -0.4 is 5.73 Å². The molecule has 1 aromatic rings. The Bertz CT molecular complexity index is 388. The van der Waals surface area contributed by atoms with Gasteiger partial charge in [0.2, 0.25) is 0 Å². The van der Waals surface area contributed by atoms with Crippen LogP contribution in [0, 0.1) is 5.92 Å². The lowest BCUT2D eigenvalue weighted by Gasteiger charge is -2.20. The molecular formula is C16H25NO. The number of rotatable bonds is 4. The van der Waals surface area contributed by atoms with Crippen LogP contribution in [-0.2, 0) is 11.2 Å². The van der Waals surface area contributed by atoms with E-state index in [1.807, 2.05) is 0 Å². The van der Waals surface area contributed by atoms with E-state index in [0.717, 1.165) is 19.3 Å². The lowest BCUT2D eigenvalue weighted by atomic mass is 9.95. The SMILES string of the molecule is CC(C)Cc1cccc(C(N)C2CCC(C)O2)c1. The van der Waals surface area contributed by atoms with E-state index in [-0.39, 0.29) is 12.1 Å². The van der Waals surface area contributed by atoms with Crippen molar-refractivity contribution in [2.75, 3.05) is 0 Å². The van der Waals surface area contributed by atoms with Crippen LogP contribution in [0.4, 0.5) is 0 Å². The summed E-state index contributed by atoms with van der Waals surface area (Å²) in [6, 6.07) is 8.69. The van der Waals surface area contributed by atoms with Crippen molar-refractivity contribution in [2.24, 2.45) is 11.7 Å². The molecule has 0 bridgehead atoms. The maximum atomic E-state index is 6.34. The predicted octanol–water partition coefficient (Wildman–Crippen LogP) is 3.45. The quantitative estimate of drug-likeness (QED) is 0.884. The van der Waals surface area contributed by atoms with E-state index in [2.05, 4.69) is 45.0 Å². The summed E-state index contributed by atoms with van der Waals surface area (Å²) in [5.74, 6) is 0.680. The molecule has 0 radical (unpaired) electrons. The zero-order valence-electron chi connectivity index (χ0n) is 11.7. The van der Waals surface area contributed by atoms with Gasteiger partial charge in [-0.2, -0.15) is 0 Å². The molecule has 0 amide bonds. The van der Waals surface area contributed by atoms with E-state index in [1.165, 1.54) is 11.1 Å². The van der Waals surface area contributed by atoms with E-state index in [1.54, 1.807) is 0 Å². The summed E-state index contributed by atoms with van der Waals surface area (Å²) in [5, 5.41) is 0. The van der Waals surface area contributed by atoms with Gasteiger partial charge in [-0.3, -0.25) is 0 Å². The molecule has 3 unspecified atom stereocenters. The van der Waals surface area contributed by atoms with Crippen molar-refractivity contribution in [2.45, 2.75) is 58.3 Å². The Hall–Kier alpha value is -0.860. The van der Waals surface area contributed by atoms with Crippen LogP contribution in [0.15, 0.2) is 24.3 Å². The van der Waals surface area contributed by atoms with Gasteiger partial charge in [0.25, 0.3) is 0 Å². The molecule has 1 heterocycles. The summed E-state index contributed by atoms with van der Waals surface area (Å²) in [7, 11) is 0. The van der Waals surface area contributed by atoms with Crippen LogP contribution in [0.1, 0.15) is 50.8 Å². The first-order chi connectivity index (χ1) is 8.56. The highest BCUT2D eigenvalue weighted by molar-refractivity contribution is 5.27. The molecule has 1 fully saturated rings. The minimum Gasteiger partial charge on any atom is -0.373 e. The van der Waals surface area contributed by atoms with Gasteiger partial charge >= 0.3 is 0 Å². The third-order valence-electron chi connectivity index (χ3n) is 3.65. The van der Waals surface area contributed by atoms with E-state index in [9.17, 15) is 0 Å². The van der Waals surface area contributed by atoms with Gasteiger partial charge in [-0.25, -0.2) is 0 Å². The van der Waals surface area contributed by atoms with Crippen LogP contribution in [0.25, 0.3) is 0 Å². The standard InChI is InChI=1S/C16H25NO/c1-11(2)9-13-5-4-6-14(10-13)16(17)15-8-7-12(3)18-15/h4-6,10-12,15-16H,7-9,17H2,1-3H3. The lowest BCUT2D eigenvalue weighted by molar-refractivity contribution is 0.0401. The van der Waals surface area contributed by atoms with E-state index < -0.39 is 0 Å². The molecular weight excluding hydrogens is 222 g/mol. The molecule has 0 saturated carbocycles. The van der Waals surface area contributed by atoms with Gasteiger partial charge in [0.05, 0.1) is 18.2 Å². The van der Waals surface area contributed by atoms with Crippen molar-refractivity contribution in [3.8, 4) is 0 Å². The Balaban J connectivity index is 2.07. The molecule has 1 aromatic carbocycles. The van der Waals surface area contributed by atoms with Crippen molar-refractivity contribution in [3.63, 3.8) is 0 Å². The Morgan fingerprint density at radius 1 is 1.33 bits per heavy atom. The number of benzene rings is 1. The molecule has 3 atom stereocenters. The monoisotopic (exact) mass is 247 g/mol. The molecule has 1 aliphatic heterocycles. The predicted molar refractivity (Wildman–Crippen MR) is 75.5 cm³/mol. The van der Waals surface area contributed by atoms with Crippen LogP contribution in [-0.4, -0.2) is 12.2 Å². The Labute approximate surface area is 111 Å². The van der Waals surface area contributed by atoms with Crippen molar-refractivity contribution in [3.05, 3.63) is 35.4 Å². The first kappa shape index (κ1) is 13.6. The average molecular weight is 247 g/mol. The summed E-state index contributed by atoms with van der Waals surface area (Å²) >= 11 is 0. The summed E-state index contributed by atoms with van der Waals surface area (Å²) in [4.78, 5) is 0. The fourth-order valence-electron chi connectivity index (χ4n) is 2.71. The van der Waals surface area contributed by atoms with Crippen molar-refractivity contribution < 1.29 is 4.74 Å². The Morgan fingerprint density at radius 3 is 2.72 bits per heavy atom. The fourth-order valence-corrected chi connectivity index (χ4v) is 2.71. The van der Waals surface area contributed by atoms with Gasteiger partial charge in [-0.15, -0.1) is 0 Å². The highest BCUT2D eigenvalue weighted by atomic mass is 16.5. The summed E-state index contributed by atoms with van der Waals surface area (Å²) in [6.07, 6.45) is 3.87. The van der Waals surface area contributed by atoms with Gasteiger partial charge in [0.15, 0.2) is 0 Å². The third-order valence-corrected chi connectivity index (χ3v) is 3.65. The van der Waals surface area contributed by atoms with Gasteiger partial charge < -0.3 is 10.5 Å². The molecule has 0 aliphatic carbocycles. The number of hydrogen-bond acceptors (Lipinski definition) is 2. The zero-order chi connectivity index (χ0) is 13.1. The molecule has 100 valence electrons. The highest BCUT2D eigenvalue weighted by Crippen LogP contribution is 2.29. The number of nitrogens with two attached hydrogens (primary N) is 1. The second-order valence-corrected chi connectivity index (χ2v) is 5.93. The number of hydrogen-bond donors (Lipinski definition) is 1. The van der Waals surface area contributed by atoms with E-state index in [4.69, 9.17) is 10.5 Å². The molecule has 0 aromatic heterocycles. The molecule has 1 saturated heterocycles. The molecule has 2 N–H and O–H groups in total. The van der Waals surface area contributed by atoms with Gasteiger partial charge in [-0.05, 0) is 43.2 Å². The van der Waals surface area contributed by atoms with Crippen molar-refractivity contribution in [1.82, 2.24) is 0 Å². The minimum absolute atomic E-state index is 0.0158. The summed E-state index contributed by atoms with van der Waals surface area (Å²) < 4.78 is 5.87. The van der Waals surface area contributed by atoms with Crippen LogP contribution in [0.3, 0.4) is 0 Å². The molecule has 2 rings (SSSR count). The maximum absolute atomic E-state index is 6.34. The minimum atomic E-state index is 0.0158. The molecule has 0 spiro atoms. The average Bonchev–Trinajstić information content (AvgIpc) is 2.74. The van der Waals surface area contributed by atoms with Crippen LogP contribution in [0.2, 0.25) is 0 Å². The topological polar surface area (TPSA) is 35.2 Å². The van der Waals surface area contributed by atoms with Crippen LogP contribution in [0.5, 0.6) is 0 Å². The van der Waals surface area contributed by atoms with Crippen LogP contribution >= 0.6 is 0 Å². The smallest absolute Gasteiger partial charge is 0.0772 e. The summed E-state index contributed by atoms with van der Waals surface area (Å²) in [6.45, 7) is 6.62. The largest absolute Gasteiger partial charge is 0.373 e. The lowest BCUT2D eigenvalue weighted by Crippen LogP contribution is -2.26. The molecule has 1 aliphatic rings. The Morgan fingerprint density at radius 2 is 2.11 bits per heavy atom. The Kier molecular flexibility index (Phi) is 4.41. The van der Waals surface area contributed by atoms with Crippen molar-refractivity contribution >= 4 is 0 Å². The first-order valence-corrected chi connectivity index (χ1v) is 7.06. The molecule has 18 heavy (non-hydrogen) atoms. The second-order valence-electron chi connectivity index (χ2n) is 5.93. The number of ether oxygens (including phenoxy) is 1. The van der Waals surface area contributed by atoms with Gasteiger partial charge in [0.1, 0.15) is 0 Å². The van der Waals surface area contributed by atoms with Crippen molar-refractivity contribution in [1.29, 1.82) is 0 Å². The van der Waals surface area contributed by atoms with E-state index >= 15 is 0 Å². The van der Waals surface area contributed by atoms with Gasteiger partial charge in [-0.1, -0.05) is 38.1 Å². The second kappa shape index (κ2) is 5.85. The fraction of sp³-hybridized carbons (Fsp3) is 0.625. The zero-order valence-corrected chi connectivity index (χ0v) is 11.7. The highest BCUT2D eigenvalue weighted by Gasteiger charge is 2.28. The van der Waals surface area contributed by atoms with E-state index in [0.29, 0.717) is 12.0 Å². The first-order valence-electron chi connectivity index (χ1n) is 7.06. The summed E-state index contributed by atoms with van der Waals surface area (Å²) in [5.41, 5.74) is 8.93. The normalized spacial score (nSPS) is 25.6. The molecule has 2 nitrogen and oxygen atoms in total. The molecule has 2 heteroatoms. The maximum Gasteiger partial charge on any atom is 0.0772 e. The van der Waals surface area contributed by atoms with Gasteiger partial charge in [0, 0.05) is 0 Å².